The minimum absolute atomic E-state index is 0.153. The minimum Gasteiger partial charge on any atom is -0.491 e. The van der Waals surface area contributed by atoms with Crippen molar-refractivity contribution in [2.75, 3.05) is 6.54 Å². The first-order valence-electron chi connectivity index (χ1n) is 5.43. The monoisotopic (exact) mass is 224 g/mol. The van der Waals surface area contributed by atoms with E-state index in [1.165, 1.54) is 0 Å². The van der Waals surface area contributed by atoms with E-state index in [0.29, 0.717) is 6.54 Å². The highest BCUT2D eigenvalue weighted by Gasteiger charge is 2.09. The van der Waals surface area contributed by atoms with Crippen LogP contribution in [0.1, 0.15) is 31.1 Å². The molecule has 1 rings (SSSR count). The van der Waals surface area contributed by atoms with E-state index in [1.54, 1.807) is 0 Å². The molecule has 0 bridgehead atoms. The lowest BCUT2D eigenvalue weighted by Crippen LogP contribution is -2.27. The van der Waals surface area contributed by atoms with Crippen molar-refractivity contribution in [3.05, 3.63) is 29.3 Å². The SMILES string of the molecule is Cc1cc(C(O)CNN)ccc1OC(C)C. The van der Waals surface area contributed by atoms with Crippen LogP contribution in [-0.2, 0) is 0 Å². The summed E-state index contributed by atoms with van der Waals surface area (Å²) in [6.07, 6.45) is -0.433. The fraction of sp³-hybridized carbons (Fsp3) is 0.500. The number of rotatable bonds is 5. The zero-order valence-corrected chi connectivity index (χ0v) is 10.0. The van der Waals surface area contributed by atoms with Crippen LogP contribution in [0.4, 0.5) is 0 Å². The molecule has 0 aliphatic heterocycles. The molecule has 0 saturated heterocycles. The molecule has 1 atom stereocenters. The van der Waals surface area contributed by atoms with Crippen molar-refractivity contribution in [1.29, 1.82) is 0 Å². The van der Waals surface area contributed by atoms with Crippen LogP contribution in [0.3, 0.4) is 0 Å². The van der Waals surface area contributed by atoms with Gasteiger partial charge >= 0.3 is 0 Å². The molecular weight excluding hydrogens is 204 g/mol. The van der Waals surface area contributed by atoms with Gasteiger partial charge in [0.05, 0.1) is 12.2 Å². The Morgan fingerprint density at radius 1 is 1.44 bits per heavy atom. The molecule has 16 heavy (non-hydrogen) atoms. The molecule has 0 radical (unpaired) electrons. The number of aryl methyl sites for hydroxylation is 1. The molecule has 0 spiro atoms. The predicted molar refractivity (Wildman–Crippen MR) is 64.1 cm³/mol. The largest absolute Gasteiger partial charge is 0.491 e. The number of ether oxygens (including phenoxy) is 1. The Bertz CT molecular complexity index is 340. The van der Waals surface area contributed by atoms with Gasteiger partial charge in [-0.15, -0.1) is 0 Å². The van der Waals surface area contributed by atoms with Crippen LogP contribution in [0.2, 0.25) is 0 Å². The summed E-state index contributed by atoms with van der Waals surface area (Å²) in [5.74, 6) is 6.02. The van der Waals surface area contributed by atoms with Gasteiger partial charge in [0.15, 0.2) is 0 Å². The van der Waals surface area contributed by atoms with Crippen LogP contribution in [0.25, 0.3) is 0 Å². The Morgan fingerprint density at radius 3 is 2.62 bits per heavy atom. The first-order chi connectivity index (χ1) is 7.54. The second-order valence-electron chi connectivity index (χ2n) is 4.12. The summed E-state index contributed by atoms with van der Waals surface area (Å²) < 4.78 is 5.62. The summed E-state index contributed by atoms with van der Waals surface area (Å²) in [5, 5.41) is 9.73. The van der Waals surface area contributed by atoms with Gasteiger partial charge in [-0.05, 0) is 44.0 Å². The van der Waals surface area contributed by atoms with Crippen LogP contribution in [0.15, 0.2) is 18.2 Å². The van der Waals surface area contributed by atoms with Crippen molar-refractivity contribution in [3.63, 3.8) is 0 Å². The van der Waals surface area contributed by atoms with E-state index in [0.717, 1.165) is 16.9 Å². The summed E-state index contributed by atoms with van der Waals surface area (Å²) in [6.45, 7) is 6.27. The fourth-order valence-electron chi connectivity index (χ4n) is 1.50. The van der Waals surface area contributed by atoms with Gasteiger partial charge in [0, 0.05) is 6.54 Å². The second kappa shape index (κ2) is 5.84. The van der Waals surface area contributed by atoms with Gasteiger partial charge in [0.1, 0.15) is 5.75 Å². The normalized spacial score (nSPS) is 12.9. The maximum atomic E-state index is 9.73. The lowest BCUT2D eigenvalue weighted by molar-refractivity contribution is 0.175. The van der Waals surface area contributed by atoms with Crippen molar-refractivity contribution in [3.8, 4) is 5.75 Å². The van der Waals surface area contributed by atoms with E-state index in [4.69, 9.17) is 10.6 Å². The van der Waals surface area contributed by atoms with Gasteiger partial charge in [-0.2, -0.15) is 0 Å². The van der Waals surface area contributed by atoms with Crippen molar-refractivity contribution >= 4 is 0 Å². The highest BCUT2D eigenvalue weighted by Crippen LogP contribution is 2.23. The molecular formula is C12H20N2O2. The maximum Gasteiger partial charge on any atom is 0.122 e. The van der Waals surface area contributed by atoms with E-state index < -0.39 is 6.10 Å². The molecule has 1 aromatic rings. The number of aliphatic hydroxyl groups is 1. The Labute approximate surface area is 96.4 Å². The van der Waals surface area contributed by atoms with Crippen molar-refractivity contribution in [1.82, 2.24) is 5.43 Å². The Kier molecular flexibility index (Phi) is 4.73. The first kappa shape index (κ1) is 13.0. The van der Waals surface area contributed by atoms with E-state index in [-0.39, 0.29) is 6.10 Å². The molecule has 1 unspecified atom stereocenters. The molecule has 0 aromatic heterocycles. The predicted octanol–water partition coefficient (Wildman–Crippen LogP) is 1.28. The smallest absolute Gasteiger partial charge is 0.122 e. The standard InChI is InChI=1S/C12H20N2O2/c1-8(2)16-12-5-4-10(6-9(12)3)11(15)7-14-13/h4-6,8,11,14-15H,7,13H2,1-3H3. The molecule has 0 amide bonds. The quantitative estimate of drug-likeness (QED) is 0.520. The third-order valence-electron chi connectivity index (χ3n) is 2.26. The Hall–Kier alpha value is -1.10. The molecule has 0 saturated carbocycles. The first-order valence-corrected chi connectivity index (χ1v) is 5.43. The van der Waals surface area contributed by atoms with Gasteiger partial charge in [-0.1, -0.05) is 6.07 Å². The van der Waals surface area contributed by atoms with Gasteiger partial charge in [-0.25, -0.2) is 0 Å². The topological polar surface area (TPSA) is 67.5 Å². The fourth-order valence-corrected chi connectivity index (χ4v) is 1.50. The molecule has 0 fully saturated rings. The molecule has 0 heterocycles. The van der Waals surface area contributed by atoms with E-state index >= 15 is 0 Å². The summed E-state index contributed by atoms with van der Waals surface area (Å²) in [7, 11) is 0. The third kappa shape index (κ3) is 3.48. The second-order valence-corrected chi connectivity index (χ2v) is 4.12. The van der Waals surface area contributed by atoms with E-state index in [9.17, 15) is 5.11 Å². The Morgan fingerprint density at radius 2 is 2.12 bits per heavy atom. The van der Waals surface area contributed by atoms with Gasteiger partial charge in [-0.3, -0.25) is 11.3 Å². The number of nitrogens with one attached hydrogen (secondary N) is 1. The molecule has 4 nitrogen and oxygen atoms in total. The zero-order valence-electron chi connectivity index (χ0n) is 10.0. The molecule has 1 aromatic carbocycles. The number of aliphatic hydroxyl groups excluding tert-OH is 1. The van der Waals surface area contributed by atoms with Gasteiger partial charge in [0.2, 0.25) is 0 Å². The number of benzene rings is 1. The van der Waals surface area contributed by atoms with Gasteiger partial charge in [0.25, 0.3) is 0 Å². The number of hydrogen-bond acceptors (Lipinski definition) is 4. The highest BCUT2D eigenvalue weighted by atomic mass is 16.5. The molecule has 4 heteroatoms. The van der Waals surface area contributed by atoms with Crippen LogP contribution in [0, 0.1) is 6.92 Å². The van der Waals surface area contributed by atoms with Crippen molar-refractivity contribution < 1.29 is 9.84 Å². The highest BCUT2D eigenvalue weighted by molar-refractivity contribution is 5.37. The third-order valence-corrected chi connectivity index (χ3v) is 2.26. The maximum absolute atomic E-state index is 9.73. The lowest BCUT2D eigenvalue weighted by Gasteiger charge is -2.15. The van der Waals surface area contributed by atoms with Crippen molar-refractivity contribution in [2.24, 2.45) is 5.84 Å². The van der Waals surface area contributed by atoms with Crippen molar-refractivity contribution in [2.45, 2.75) is 33.0 Å². The van der Waals surface area contributed by atoms with E-state index in [2.05, 4.69) is 5.43 Å². The lowest BCUT2D eigenvalue weighted by atomic mass is 10.1. The number of hydrazine groups is 1. The molecule has 0 aliphatic carbocycles. The molecule has 0 aliphatic rings. The van der Waals surface area contributed by atoms with Crippen LogP contribution >= 0.6 is 0 Å². The van der Waals surface area contributed by atoms with Gasteiger partial charge < -0.3 is 9.84 Å². The molecule has 4 N–H and O–H groups in total. The minimum atomic E-state index is -0.586. The zero-order chi connectivity index (χ0) is 12.1. The summed E-state index contributed by atoms with van der Waals surface area (Å²) in [5.41, 5.74) is 4.31. The van der Waals surface area contributed by atoms with Crippen LogP contribution < -0.4 is 16.0 Å². The summed E-state index contributed by atoms with van der Waals surface area (Å²) in [6, 6.07) is 5.65. The molecule has 90 valence electrons. The number of hydrogen-bond donors (Lipinski definition) is 3. The van der Waals surface area contributed by atoms with Crippen LogP contribution in [-0.4, -0.2) is 17.8 Å². The average molecular weight is 224 g/mol. The summed E-state index contributed by atoms with van der Waals surface area (Å²) >= 11 is 0. The van der Waals surface area contributed by atoms with Crippen LogP contribution in [0.5, 0.6) is 5.75 Å². The summed E-state index contributed by atoms with van der Waals surface area (Å²) in [4.78, 5) is 0. The Balaban J connectivity index is 2.82. The van der Waals surface area contributed by atoms with E-state index in [1.807, 2.05) is 39.0 Å². The average Bonchev–Trinajstić information content (AvgIpc) is 2.20. The number of nitrogens with two attached hydrogens (primary N) is 1.